The largest absolute Gasteiger partial charge is 0.461 e. The van der Waals surface area contributed by atoms with Crippen LogP contribution in [0.15, 0.2) is 42.0 Å². The van der Waals surface area contributed by atoms with Crippen LogP contribution >= 0.6 is 0 Å². The Morgan fingerprint density at radius 1 is 1.00 bits per heavy atom. The van der Waals surface area contributed by atoms with Gasteiger partial charge >= 0.3 is 5.97 Å². The molecule has 3 heteroatoms. The molecule has 0 aromatic heterocycles. The van der Waals surface area contributed by atoms with Gasteiger partial charge in [0.25, 0.3) is 0 Å². The fraction of sp³-hybridized carbons (Fsp3) is 0.688. The molecule has 1 aromatic rings. The van der Waals surface area contributed by atoms with Crippen LogP contribution in [-0.4, -0.2) is 11.8 Å². The van der Waals surface area contributed by atoms with E-state index < -0.39 is 0 Å². The minimum Gasteiger partial charge on any atom is -0.461 e. The van der Waals surface area contributed by atoms with E-state index in [2.05, 4.69) is 26.8 Å². The molecular weight excluding hydrogens is 432 g/mol. The Morgan fingerprint density at radius 2 is 1.77 bits per heavy atom. The molecule has 3 nitrogen and oxygen atoms in total. The standard InChI is InChI=1S/C32H44O3/c1-4-24-25-14-8-9-19-32(25,3)27-18-20-31(2)23(16-17-26(31)29(27)30(24)34)13-10-15-28(33)35-21-22-11-6-5-7-12-22/h4-7,11-12,23,25-27,29H,8-10,13-21H2,1-3H3/b24-4+/t23-,25?,26?,27?,29?,31+,32-/m0/s1. The second kappa shape index (κ2) is 9.87. The number of esters is 1. The van der Waals surface area contributed by atoms with Crippen LogP contribution < -0.4 is 0 Å². The Kier molecular flexibility index (Phi) is 6.98. The molecule has 1 aromatic carbocycles. The predicted molar refractivity (Wildman–Crippen MR) is 139 cm³/mol. The summed E-state index contributed by atoms with van der Waals surface area (Å²) in [4.78, 5) is 26.3. The molecule has 0 heterocycles. The van der Waals surface area contributed by atoms with Gasteiger partial charge in [0.2, 0.25) is 0 Å². The molecule has 35 heavy (non-hydrogen) atoms. The highest BCUT2D eigenvalue weighted by atomic mass is 16.5. The number of allylic oxidation sites excluding steroid dienone is 2. The van der Waals surface area contributed by atoms with Gasteiger partial charge in [0, 0.05) is 12.3 Å². The highest BCUT2D eigenvalue weighted by Gasteiger charge is 2.63. The van der Waals surface area contributed by atoms with Crippen molar-refractivity contribution in [3.8, 4) is 0 Å². The van der Waals surface area contributed by atoms with E-state index in [0.717, 1.165) is 18.4 Å². The van der Waals surface area contributed by atoms with Crippen LogP contribution in [0.25, 0.3) is 0 Å². The average molecular weight is 477 g/mol. The summed E-state index contributed by atoms with van der Waals surface area (Å²) in [5.74, 6) is 2.82. The lowest BCUT2D eigenvalue weighted by molar-refractivity contribution is -0.146. The van der Waals surface area contributed by atoms with E-state index in [0.29, 0.717) is 47.9 Å². The van der Waals surface area contributed by atoms with E-state index in [4.69, 9.17) is 4.74 Å². The Balaban J connectivity index is 1.22. The summed E-state index contributed by atoms with van der Waals surface area (Å²) in [7, 11) is 0. The van der Waals surface area contributed by atoms with E-state index in [9.17, 15) is 9.59 Å². The number of carbonyl (C=O) groups excluding carboxylic acids is 2. The molecular formula is C32H44O3. The number of ether oxygens (including phenoxy) is 1. The van der Waals surface area contributed by atoms with E-state index in [1.165, 1.54) is 56.9 Å². The fourth-order valence-electron chi connectivity index (χ4n) is 9.15. The molecule has 4 saturated carbocycles. The van der Waals surface area contributed by atoms with Crippen molar-refractivity contribution >= 4 is 11.8 Å². The maximum absolute atomic E-state index is 13.9. The lowest BCUT2D eigenvalue weighted by Crippen LogP contribution is -2.57. The third-order valence-electron chi connectivity index (χ3n) is 11.0. The van der Waals surface area contributed by atoms with E-state index in [1.54, 1.807) is 0 Å². The normalized spacial score (nSPS) is 39.6. The van der Waals surface area contributed by atoms with Crippen LogP contribution in [0.1, 0.15) is 97.0 Å². The summed E-state index contributed by atoms with van der Waals surface area (Å²) < 4.78 is 5.51. The molecule has 0 saturated heterocycles. The molecule has 0 bridgehead atoms. The van der Waals surface area contributed by atoms with Gasteiger partial charge in [0.15, 0.2) is 5.78 Å². The number of benzene rings is 1. The van der Waals surface area contributed by atoms with Crippen molar-refractivity contribution in [2.75, 3.05) is 0 Å². The number of fused-ring (bicyclic) bond motifs is 5. The third-order valence-corrected chi connectivity index (χ3v) is 11.0. The lowest BCUT2D eigenvalue weighted by atomic mass is 9.43. The molecule has 0 N–H and O–H groups in total. The van der Waals surface area contributed by atoms with E-state index in [-0.39, 0.29) is 17.3 Å². The first-order valence-corrected chi connectivity index (χ1v) is 14.3. The fourth-order valence-corrected chi connectivity index (χ4v) is 9.15. The van der Waals surface area contributed by atoms with Crippen molar-refractivity contribution in [1.82, 2.24) is 0 Å². The monoisotopic (exact) mass is 476 g/mol. The van der Waals surface area contributed by atoms with Gasteiger partial charge in [-0.15, -0.1) is 0 Å². The Labute approximate surface area is 212 Å². The first-order chi connectivity index (χ1) is 16.9. The van der Waals surface area contributed by atoms with Crippen LogP contribution in [0, 0.1) is 40.4 Å². The molecule has 0 aliphatic heterocycles. The van der Waals surface area contributed by atoms with Crippen LogP contribution in [0.3, 0.4) is 0 Å². The highest BCUT2D eigenvalue weighted by molar-refractivity contribution is 5.99. The van der Waals surface area contributed by atoms with Crippen LogP contribution in [0.5, 0.6) is 0 Å². The molecule has 0 radical (unpaired) electrons. The summed E-state index contributed by atoms with van der Waals surface area (Å²) in [5, 5.41) is 0. The predicted octanol–water partition coefficient (Wildman–Crippen LogP) is 7.68. The quantitative estimate of drug-likeness (QED) is 0.312. The van der Waals surface area contributed by atoms with Gasteiger partial charge in [-0.3, -0.25) is 9.59 Å². The van der Waals surface area contributed by atoms with Gasteiger partial charge < -0.3 is 4.74 Å². The summed E-state index contributed by atoms with van der Waals surface area (Å²) in [6, 6.07) is 9.90. The zero-order valence-electron chi connectivity index (χ0n) is 22.1. The van der Waals surface area contributed by atoms with Gasteiger partial charge in [-0.1, -0.05) is 63.1 Å². The zero-order valence-corrected chi connectivity index (χ0v) is 22.1. The van der Waals surface area contributed by atoms with Crippen molar-refractivity contribution in [3.63, 3.8) is 0 Å². The van der Waals surface area contributed by atoms with Gasteiger partial charge in [0.1, 0.15) is 6.61 Å². The van der Waals surface area contributed by atoms with Gasteiger partial charge in [-0.2, -0.15) is 0 Å². The molecule has 4 fully saturated rings. The molecule has 7 atom stereocenters. The summed E-state index contributed by atoms with van der Waals surface area (Å²) in [5.41, 5.74) is 2.75. The smallest absolute Gasteiger partial charge is 0.306 e. The van der Waals surface area contributed by atoms with Crippen LogP contribution in [0.4, 0.5) is 0 Å². The van der Waals surface area contributed by atoms with Crippen molar-refractivity contribution in [2.24, 2.45) is 40.4 Å². The topological polar surface area (TPSA) is 43.4 Å². The first-order valence-electron chi connectivity index (χ1n) is 14.3. The first kappa shape index (κ1) is 24.8. The van der Waals surface area contributed by atoms with Gasteiger partial charge in [-0.05, 0) is 104 Å². The van der Waals surface area contributed by atoms with Crippen LogP contribution in [0.2, 0.25) is 0 Å². The number of Topliss-reactive ketones (excluding diaryl/α,β-unsaturated/α-hetero) is 1. The number of carbonyl (C=O) groups is 2. The summed E-state index contributed by atoms with van der Waals surface area (Å²) in [6.07, 6.45) is 14.6. The number of hydrogen-bond acceptors (Lipinski definition) is 3. The molecule has 4 aliphatic rings. The zero-order chi connectivity index (χ0) is 24.6. The minimum absolute atomic E-state index is 0.0892. The van der Waals surface area contributed by atoms with Crippen molar-refractivity contribution in [3.05, 3.63) is 47.5 Å². The Morgan fingerprint density at radius 3 is 2.54 bits per heavy atom. The number of hydrogen-bond donors (Lipinski definition) is 0. The molecule has 190 valence electrons. The number of ketones is 1. The van der Waals surface area contributed by atoms with Gasteiger partial charge in [0.05, 0.1) is 0 Å². The average Bonchev–Trinajstić information content (AvgIpc) is 3.20. The summed E-state index contributed by atoms with van der Waals surface area (Å²) in [6.45, 7) is 7.47. The lowest BCUT2D eigenvalue weighted by Gasteiger charge is -2.60. The van der Waals surface area contributed by atoms with Crippen molar-refractivity contribution in [2.45, 2.75) is 98.0 Å². The third kappa shape index (κ3) is 4.31. The molecule has 4 unspecified atom stereocenters. The second-order valence-corrected chi connectivity index (χ2v) is 12.5. The second-order valence-electron chi connectivity index (χ2n) is 12.5. The van der Waals surface area contributed by atoms with E-state index >= 15 is 0 Å². The molecule has 5 rings (SSSR count). The molecule has 0 amide bonds. The highest BCUT2D eigenvalue weighted by Crippen LogP contribution is 2.67. The Bertz CT molecular complexity index is 964. The number of rotatable bonds is 6. The SMILES string of the molecule is C/C=C1/C(=O)C2C(CC[C@@]3(C)C2CC[C@@H]3CCCC(=O)OCc2ccccc2)[C@@]2(C)CCCCC12. The van der Waals surface area contributed by atoms with Crippen molar-refractivity contribution in [1.29, 1.82) is 0 Å². The minimum atomic E-state index is -0.0892. The van der Waals surface area contributed by atoms with Gasteiger partial charge in [-0.25, -0.2) is 0 Å². The maximum Gasteiger partial charge on any atom is 0.306 e. The molecule has 0 spiro atoms. The van der Waals surface area contributed by atoms with E-state index in [1.807, 2.05) is 30.3 Å². The molecule has 4 aliphatic carbocycles. The Hall–Kier alpha value is -1.90. The van der Waals surface area contributed by atoms with Crippen LogP contribution in [-0.2, 0) is 20.9 Å². The maximum atomic E-state index is 13.9. The summed E-state index contributed by atoms with van der Waals surface area (Å²) >= 11 is 0. The van der Waals surface area contributed by atoms with Crippen molar-refractivity contribution < 1.29 is 14.3 Å².